The molecule has 0 N–H and O–H groups in total. The fraction of sp³-hybridized carbons (Fsp3) is 0.636. The number of esters is 1. The number of ether oxygens (including phenoxy) is 3. The van der Waals surface area contributed by atoms with Crippen molar-refractivity contribution in [2.45, 2.75) is 25.6 Å². The van der Waals surface area contributed by atoms with Crippen molar-refractivity contribution < 1.29 is 23.5 Å². The van der Waals surface area contributed by atoms with E-state index >= 15 is 0 Å². The molecule has 1 rings (SSSR count). The van der Waals surface area contributed by atoms with Gasteiger partial charge in [-0.2, -0.15) is 0 Å². The van der Waals surface area contributed by atoms with Crippen LogP contribution in [0.25, 0.3) is 0 Å². The van der Waals surface area contributed by atoms with E-state index in [0.717, 1.165) is 0 Å². The fourth-order valence-corrected chi connectivity index (χ4v) is 1.50. The zero-order valence-corrected chi connectivity index (χ0v) is 10.4. The van der Waals surface area contributed by atoms with Crippen LogP contribution in [-0.4, -0.2) is 38.7 Å². The molecule has 17 heavy (non-hydrogen) atoms. The fourth-order valence-electron chi connectivity index (χ4n) is 1.50. The summed E-state index contributed by atoms with van der Waals surface area (Å²) in [5.74, 6) is -0.528. The first-order valence-corrected chi connectivity index (χ1v) is 5.19. The minimum atomic E-state index is -0.578. The van der Waals surface area contributed by atoms with Gasteiger partial charge >= 0.3 is 5.97 Å². The third-order valence-electron chi connectivity index (χ3n) is 2.43. The number of nitrogens with zero attached hydrogens (tertiary/aromatic N) is 1. The molecule has 1 aromatic heterocycles. The summed E-state index contributed by atoms with van der Waals surface area (Å²) in [4.78, 5) is 11.7. The first kappa shape index (κ1) is 13.7. The molecular formula is C11H17NO5. The standard InChI is InChI=1S/C11H17NO5/c1-7-5-9(17-12-7)8(11(13)16-4)6-10(14-2)15-3/h5,8,10H,6H2,1-4H3. The Bertz CT molecular complexity index is 358. The van der Waals surface area contributed by atoms with E-state index in [0.29, 0.717) is 17.9 Å². The van der Waals surface area contributed by atoms with Crippen molar-refractivity contribution in [3.05, 3.63) is 17.5 Å². The van der Waals surface area contributed by atoms with Crippen LogP contribution < -0.4 is 0 Å². The zero-order chi connectivity index (χ0) is 12.8. The van der Waals surface area contributed by atoms with E-state index in [2.05, 4.69) is 5.16 Å². The van der Waals surface area contributed by atoms with Gasteiger partial charge in [-0.15, -0.1) is 0 Å². The van der Waals surface area contributed by atoms with E-state index in [1.165, 1.54) is 21.3 Å². The average Bonchev–Trinajstić information content (AvgIpc) is 2.76. The Morgan fingerprint density at radius 1 is 1.41 bits per heavy atom. The predicted molar refractivity (Wildman–Crippen MR) is 58.4 cm³/mol. The Hall–Kier alpha value is -1.40. The molecule has 0 aromatic carbocycles. The van der Waals surface area contributed by atoms with Gasteiger partial charge in [-0.05, 0) is 6.92 Å². The van der Waals surface area contributed by atoms with Gasteiger partial charge in [-0.3, -0.25) is 4.79 Å². The molecule has 0 aliphatic rings. The van der Waals surface area contributed by atoms with Crippen LogP contribution in [0, 0.1) is 6.92 Å². The lowest BCUT2D eigenvalue weighted by Gasteiger charge is -2.17. The summed E-state index contributed by atoms with van der Waals surface area (Å²) in [6.45, 7) is 1.78. The number of aryl methyl sites for hydroxylation is 1. The molecule has 0 fully saturated rings. The SMILES string of the molecule is COC(=O)C(CC(OC)OC)c1cc(C)no1. The molecule has 0 radical (unpaired) electrons. The normalized spacial score (nSPS) is 12.8. The Balaban J connectivity index is 2.84. The van der Waals surface area contributed by atoms with Crippen LogP contribution in [-0.2, 0) is 19.0 Å². The van der Waals surface area contributed by atoms with E-state index < -0.39 is 18.2 Å². The van der Waals surface area contributed by atoms with E-state index in [-0.39, 0.29) is 0 Å². The van der Waals surface area contributed by atoms with Gasteiger partial charge in [0, 0.05) is 26.7 Å². The lowest BCUT2D eigenvalue weighted by molar-refractivity contribution is -0.149. The number of rotatable bonds is 6. The molecule has 96 valence electrons. The molecule has 1 aromatic rings. The lowest BCUT2D eigenvalue weighted by atomic mass is 10.0. The number of hydrogen-bond acceptors (Lipinski definition) is 6. The predicted octanol–water partition coefficient (Wildman–Crippen LogP) is 1.25. The van der Waals surface area contributed by atoms with Crippen LogP contribution in [0.1, 0.15) is 23.8 Å². The quantitative estimate of drug-likeness (QED) is 0.553. The van der Waals surface area contributed by atoms with Crippen LogP contribution >= 0.6 is 0 Å². The second-order valence-corrected chi connectivity index (χ2v) is 3.58. The van der Waals surface area contributed by atoms with Gasteiger partial charge in [0.25, 0.3) is 0 Å². The number of aromatic nitrogens is 1. The molecule has 6 nitrogen and oxygen atoms in total. The molecule has 0 amide bonds. The van der Waals surface area contributed by atoms with Crippen molar-refractivity contribution in [1.82, 2.24) is 5.16 Å². The van der Waals surface area contributed by atoms with Crippen LogP contribution in [0.3, 0.4) is 0 Å². The number of carbonyl (C=O) groups is 1. The van der Waals surface area contributed by atoms with E-state index in [4.69, 9.17) is 18.7 Å². The second kappa shape index (κ2) is 6.36. The number of methoxy groups -OCH3 is 3. The summed E-state index contributed by atoms with van der Waals surface area (Å²) in [5, 5.41) is 3.75. The van der Waals surface area contributed by atoms with Crippen LogP contribution in [0.4, 0.5) is 0 Å². The van der Waals surface area contributed by atoms with Crippen LogP contribution in [0.2, 0.25) is 0 Å². The Labute approximate surface area is 99.8 Å². The molecule has 6 heteroatoms. The Morgan fingerprint density at radius 3 is 2.47 bits per heavy atom. The summed E-state index contributed by atoms with van der Waals surface area (Å²) in [6, 6.07) is 1.70. The molecule has 0 aliphatic heterocycles. The van der Waals surface area contributed by atoms with Crippen molar-refractivity contribution in [1.29, 1.82) is 0 Å². The Morgan fingerprint density at radius 2 is 2.06 bits per heavy atom. The second-order valence-electron chi connectivity index (χ2n) is 3.58. The van der Waals surface area contributed by atoms with E-state index in [1.54, 1.807) is 13.0 Å². The molecule has 0 bridgehead atoms. The van der Waals surface area contributed by atoms with Crippen LogP contribution in [0.15, 0.2) is 10.6 Å². The monoisotopic (exact) mass is 243 g/mol. The summed E-state index contributed by atoms with van der Waals surface area (Å²) in [5.41, 5.74) is 0.709. The third kappa shape index (κ3) is 3.54. The molecule has 1 heterocycles. The van der Waals surface area contributed by atoms with Gasteiger partial charge in [0.1, 0.15) is 5.92 Å². The van der Waals surface area contributed by atoms with E-state index in [9.17, 15) is 4.79 Å². The van der Waals surface area contributed by atoms with Gasteiger partial charge < -0.3 is 18.7 Å². The highest BCUT2D eigenvalue weighted by molar-refractivity contribution is 5.77. The molecular weight excluding hydrogens is 226 g/mol. The number of carbonyl (C=O) groups excluding carboxylic acids is 1. The van der Waals surface area contributed by atoms with Crippen molar-refractivity contribution in [3.63, 3.8) is 0 Å². The molecule has 0 saturated carbocycles. The topological polar surface area (TPSA) is 70.8 Å². The smallest absolute Gasteiger partial charge is 0.316 e. The van der Waals surface area contributed by atoms with Crippen molar-refractivity contribution in [2.75, 3.05) is 21.3 Å². The summed E-state index contributed by atoms with van der Waals surface area (Å²) in [6.07, 6.45) is -0.182. The van der Waals surface area contributed by atoms with Crippen molar-refractivity contribution >= 4 is 5.97 Å². The van der Waals surface area contributed by atoms with Crippen molar-refractivity contribution in [3.8, 4) is 0 Å². The molecule has 0 spiro atoms. The average molecular weight is 243 g/mol. The van der Waals surface area contributed by atoms with Gasteiger partial charge in [-0.1, -0.05) is 5.16 Å². The third-order valence-corrected chi connectivity index (χ3v) is 2.43. The highest BCUT2D eigenvalue weighted by Crippen LogP contribution is 2.24. The molecule has 1 unspecified atom stereocenters. The number of hydrogen-bond donors (Lipinski definition) is 0. The van der Waals surface area contributed by atoms with Crippen LogP contribution in [0.5, 0.6) is 0 Å². The summed E-state index contributed by atoms with van der Waals surface area (Å²) < 4.78 is 19.9. The lowest BCUT2D eigenvalue weighted by Crippen LogP contribution is -2.23. The highest BCUT2D eigenvalue weighted by atomic mass is 16.7. The first-order valence-electron chi connectivity index (χ1n) is 5.19. The highest BCUT2D eigenvalue weighted by Gasteiger charge is 2.29. The molecule has 0 saturated heterocycles. The van der Waals surface area contributed by atoms with Gasteiger partial charge in [-0.25, -0.2) is 0 Å². The van der Waals surface area contributed by atoms with E-state index in [1.807, 2.05) is 0 Å². The molecule has 1 atom stereocenters. The minimum Gasteiger partial charge on any atom is -0.468 e. The zero-order valence-electron chi connectivity index (χ0n) is 10.4. The minimum absolute atomic E-state index is 0.314. The Kier molecular flexibility index (Phi) is 5.11. The summed E-state index contributed by atoms with van der Waals surface area (Å²) in [7, 11) is 4.34. The maximum Gasteiger partial charge on any atom is 0.316 e. The van der Waals surface area contributed by atoms with Gasteiger partial charge in [0.2, 0.25) is 0 Å². The summed E-state index contributed by atoms with van der Waals surface area (Å²) >= 11 is 0. The maximum absolute atomic E-state index is 11.7. The largest absolute Gasteiger partial charge is 0.468 e. The first-order chi connectivity index (χ1) is 8.12. The van der Waals surface area contributed by atoms with Crippen molar-refractivity contribution in [2.24, 2.45) is 0 Å². The van der Waals surface area contributed by atoms with Gasteiger partial charge in [0.15, 0.2) is 12.1 Å². The maximum atomic E-state index is 11.7. The van der Waals surface area contributed by atoms with Gasteiger partial charge in [0.05, 0.1) is 12.8 Å². The molecule has 0 aliphatic carbocycles.